The minimum Gasteiger partial charge on any atom is -0.465 e. The molecule has 0 saturated carbocycles. The number of benzene rings is 1. The normalized spacial score (nSPS) is 12.1. The summed E-state index contributed by atoms with van der Waals surface area (Å²) in [5, 5.41) is 2.70. The summed E-state index contributed by atoms with van der Waals surface area (Å²) in [6.07, 6.45) is 0.720. The number of carbonyl (C=O) groups is 1. The van der Waals surface area contributed by atoms with E-state index in [0.717, 1.165) is 13.5 Å². The first kappa shape index (κ1) is 14.4. The van der Waals surface area contributed by atoms with Crippen molar-refractivity contribution in [2.45, 2.75) is 19.4 Å². The lowest BCUT2D eigenvalue weighted by molar-refractivity contribution is 0.0594. The topological polar surface area (TPSA) is 64.3 Å². The molecule has 18 heavy (non-hydrogen) atoms. The molecular weight excluding hydrogens is 242 g/mol. The van der Waals surface area contributed by atoms with Gasteiger partial charge in [0.2, 0.25) is 0 Å². The molecule has 0 saturated heterocycles. The van der Waals surface area contributed by atoms with Crippen molar-refractivity contribution in [1.82, 2.24) is 0 Å². The van der Waals surface area contributed by atoms with Gasteiger partial charge in [-0.2, -0.15) is 0 Å². The minimum absolute atomic E-state index is 0.0240. The number of rotatable bonds is 5. The van der Waals surface area contributed by atoms with Crippen LogP contribution in [0.4, 0.5) is 14.5 Å². The number of anilines is 1. The number of nitrogens with one attached hydrogen (secondary N) is 1. The summed E-state index contributed by atoms with van der Waals surface area (Å²) in [5.74, 6) is -3.25. The van der Waals surface area contributed by atoms with Gasteiger partial charge in [-0.15, -0.1) is 0 Å². The molecule has 6 heteroatoms. The van der Waals surface area contributed by atoms with E-state index in [2.05, 4.69) is 10.1 Å². The van der Waals surface area contributed by atoms with Gasteiger partial charge in [0.25, 0.3) is 0 Å². The minimum atomic E-state index is -1.23. The molecule has 0 aliphatic carbocycles. The van der Waals surface area contributed by atoms with E-state index >= 15 is 0 Å². The zero-order valence-electron chi connectivity index (χ0n) is 10.3. The second-order valence-corrected chi connectivity index (χ2v) is 3.83. The van der Waals surface area contributed by atoms with Gasteiger partial charge in [0, 0.05) is 12.6 Å². The summed E-state index contributed by atoms with van der Waals surface area (Å²) in [6, 6.07) is 2.31. The summed E-state index contributed by atoms with van der Waals surface area (Å²) in [5.41, 5.74) is 5.20. The second kappa shape index (κ2) is 6.30. The maximum absolute atomic E-state index is 13.6. The molecular formula is C12H16F2N2O2. The lowest BCUT2D eigenvalue weighted by Crippen LogP contribution is -2.28. The molecule has 0 aliphatic rings. The van der Waals surface area contributed by atoms with Crippen LogP contribution in [0.15, 0.2) is 12.1 Å². The van der Waals surface area contributed by atoms with Crippen LogP contribution in [-0.2, 0) is 4.74 Å². The van der Waals surface area contributed by atoms with Crippen molar-refractivity contribution in [3.8, 4) is 0 Å². The Bertz CT molecular complexity index is 438. The van der Waals surface area contributed by atoms with Crippen LogP contribution in [0.3, 0.4) is 0 Å². The van der Waals surface area contributed by atoms with Gasteiger partial charge >= 0.3 is 5.97 Å². The van der Waals surface area contributed by atoms with Crippen molar-refractivity contribution in [3.05, 3.63) is 29.3 Å². The maximum atomic E-state index is 13.6. The van der Waals surface area contributed by atoms with Crippen LogP contribution >= 0.6 is 0 Å². The highest BCUT2D eigenvalue weighted by molar-refractivity contribution is 5.90. The summed E-state index contributed by atoms with van der Waals surface area (Å²) in [7, 11) is 1.10. The van der Waals surface area contributed by atoms with Crippen molar-refractivity contribution >= 4 is 11.7 Å². The van der Waals surface area contributed by atoms with E-state index in [1.807, 2.05) is 6.92 Å². The third kappa shape index (κ3) is 3.16. The summed E-state index contributed by atoms with van der Waals surface area (Å²) in [6.45, 7) is 2.22. The van der Waals surface area contributed by atoms with E-state index in [1.54, 1.807) is 0 Å². The van der Waals surface area contributed by atoms with Crippen LogP contribution in [0.2, 0.25) is 0 Å². The van der Waals surface area contributed by atoms with Crippen molar-refractivity contribution < 1.29 is 18.3 Å². The predicted molar refractivity (Wildman–Crippen MR) is 64.5 cm³/mol. The van der Waals surface area contributed by atoms with Crippen molar-refractivity contribution in [1.29, 1.82) is 0 Å². The molecule has 0 radical (unpaired) electrons. The van der Waals surface area contributed by atoms with Gasteiger partial charge in [0.05, 0.1) is 18.4 Å². The highest BCUT2D eigenvalue weighted by atomic mass is 19.2. The van der Waals surface area contributed by atoms with E-state index in [9.17, 15) is 13.6 Å². The molecule has 1 atom stereocenters. The van der Waals surface area contributed by atoms with Gasteiger partial charge in [-0.05, 0) is 18.6 Å². The molecule has 0 amide bonds. The van der Waals surface area contributed by atoms with Crippen LogP contribution in [0.25, 0.3) is 0 Å². The molecule has 1 aromatic rings. The first-order chi connectivity index (χ1) is 8.51. The van der Waals surface area contributed by atoms with Crippen LogP contribution < -0.4 is 11.1 Å². The van der Waals surface area contributed by atoms with Gasteiger partial charge in [0.1, 0.15) is 0 Å². The van der Waals surface area contributed by atoms with Gasteiger partial charge in [-0.1, -0.05) is 6.92 Å². The Morgan fingerprint density at radius 3 is 2.67 bits per heavy atom. The van der Waals surface area contributed by atoms with E-state index in [0.29, 0.717) is 6.54 Å². The molecule has 1 unspecified atom stereocenters. The average Bonchev–Trinajstić information content (AvgIpc) is 2.39. The zero-order chi connectivity index (χ0) is 13.7. The molecule has 100 valence electrons. The van der Waals surface area contributed by atoms with Crippen LogP contribution in [0, 0.1) is 11.6 Å². The first-order valence-corrected chi connectivity index (χ1v) is 5.57. The number of nitrogens with two attached hydrogens (primary N) is 1. The number of ether oxygens (including phenoxy) is 1. The molecule has 0 spiro atoms. The molecule has 0 bridgehead atoms. The third-order valence-corrected chi connectivity index (χ3v) is 2.57. The number of methoxy groups -OCH3 is 1. The molecule has 4 nitrogen and oxygen atoms in total. The Morgan fingerprint density at radius 2 is 2.11 bits per heavy atom. The van der Waals surface area contributed by atoms with E-state index in [1.165, 1.54) is 12.1 Å². The molecule has 3 N–H and O–H groups in total. The number of esters is 1. The van der Waals surface area contributed by atoms with Crippen molar-refractivity contribution in [2.75, 3.05) is 19.0 Å². The Balaban J connectivity index is 2.90. The largest absolute Gasteiger partial charge is 0.465 e. The third-order valence-electron chi connectivity index (χ3n) is 2.57. The number of hydrogen-bond acceptors (Lipinski definition) is 4. The molecule has 1 rings (SSSR count). The number of carbonyl (C=O) groups excluding carboxylic acids is 1. The standard InChI is InChI=1S/C12H16F2N2O2/c1-3-7(15)6-16-9-5-4-8(12(17)18-2)10(13)11(9)14/h4-5,7,16H,3,6,15H2,1-2H3. The Morgan fingerprint density at radius 1 is 1.44 bits per heavy atom. The first-order valence-electron chi connectivity index (χ1n) is 5.57. The van der Waals surface area contributed by atoms with Crippen LogP contribution in [-0.4, -0.2) is 25.7 Å². The molecule has 0 fully saturated rings. The Kier molecular flexibility index (Phi) is 5.03. The lowest BCUT2D eigenvalue weighted by Gasteiger charge is -2.13. The highest BCUT2D eigenvalue weighted by Crippen LogP contribution is 2.21. The van der Waals surface area contributed by atoms with Gasteiger partial charge < -0.3 is 15.8 Å². The SMILES string of the molecule is CCC(N)CNc1ccc(C(=O)OC)c(F)c1F. The van der Waals surface area contributed by atoms with E-state index < -0.39 is 23.2 Å². The monoisotopic (exact) mass is 258 g/mol. The fourth-order valence-corrected chi connectivity index (χ4v) is 1.34. The number of hydrogen-bond donors (Lipinski definition) is 2. The molecule has 0 aromatic heterocycles. The maximum Gasteiger partial charge on any atom is 0.340 e. The van der Waals surface area contributed by atoms with Gasteiger partial charge in [0.15, 0.2) is 11.6 Å². The van der Waals surface area contributed by atoms with E-state index in [4.69, 9.17) is 5.73 Å². The van der Waals surface area contributed by atoms with Crippen LogP contribution in [0.5, 0.6) is 0 Å². The molecule has 0 heterocycles. The predicted octanol–water partition coefficient (Wildman–Crippen LogP) is 1.90. The van der Waals surface area contributed by atoms with Gasteiger partial charge in [-0.25, -0.2) is 13.6 Å². The van der Waals surface area contributed by atoms with Crippen LogP contribution in [0.1, 0.15) is 23.7 Å². The fraction of sp³-hybridized carbons (Fsp3) is 0.417. The summed E-state index contributed by atoms with van der Waals surface area (Å²) in [4.78, 5) is 11.1. The molecule has 1 aromatic carbocycles. The lowest BCUT2D eigenvalue weighted by atomic mass is 10.1. The Hall–Kier alpha value is -1.69. The average molecular weight is 258 g/mol. The van der Waals surface area contributed by atoms with Crippen molar-refractivity contribution in [2.24, 2.45) is 5.73 Å². The Labute approximate surface area is 104 Å². The van der Waals surface area contributed by atoms with Gasteiger partial charge in [-0.3, -0.25) is 0 Å². The quantitative estimate of drug-likeness (QED) is 0.792. The van der Waals surface area contributed by atoms with Crippen molar-refractivity contribution in [3.63, 3.8) is 0 Å². The fourth-order valence-electron chi connectivity index (χ4n) is 1.34. The number of halogens is 2. The summed E-state index contributed by atoms with van der Waals surface area (Å²) < 4.78 is 31.5. The zero-order valence-corrected chi connectivity index (χ0v) is 10.3. The van der Waals surface area contributed by atoms with E-state index in [-0.39, 0.29) is 11.7 Å². The highest BCUT2D eigenvalue weighted by Gasteiger charge is 2.19. The molecule has 0 aliphatic heterocycles. The smallest absolute Gasteiger partial charge is 0.340 e. The second-order valence-electron chi connectivity index (χ2n) is 3.83. The summed E-state index contributed by atoms with van der Waals surface area (Å²) >= 11 is 0.